The van der Waals surface area contributed by atoms with Crippen LogP contribution in [0.3, 0.4) is 0 Å². The predicted octanol–water partition coefficient (Wildman–Crippen LogP) is 4.45. The van der Waals surface area contributed by atoms with Gasteiger partial charge in [-0.25, -0.2) is 0 Å². The first-order valence-electron chi connectivity index (χ1n) is 9.32. The van der Waals surface area contributed by atoms with Crippen LogP contribution in [0.15, 0.2) is 72.8 Å². The molecule has 1 atom stereocenters. The number of ether oxygens (including phenoxy) is 1. The van der Waals surface area contributed by atoms with Crippen molar-refractivity contribution in [3.8, 4) is 22.9 Å². The lowest BCUT2D eigenvalue weighted by atomic mass is 10.0. The summed E-state index contributed by atoms with van der Waals surface area (Å²) in [5, 5.41) is 22.7. The smallest absolute Gasteiger partial charge is 0.126 e. The molecule has 3 rings (SSSR count). The molecular formula is C24H24N2O2. The van der Waals surface area contributed by atoms with Gasteiger partial charge in [0.15, 0.2) is 0 Å². The second-order valence-corrected chi connectivity index (χ2v) is 6.62. The molecule has 1 unspecified atom stereocenters. The molecule has 0 heterocycles. The van der Waals surface area contributed by atoms with Gasteiger partial charge in [-0.1, -0.05) is 54.6 Å². The van der Waals surface area contributed by atoms with Gasteiger partial charge < -0.3 is 15.2 Å². The quantitative estimate of drug-likeness (QED) is 0.574. The van der Waals surface area contributed by atoms with Gasteiger partial charge in [0.2, 0.25) is 0 Å². The fourth-order valence-corrected chi connectivity index (χ4v) is 3.12. The van der Waals surface area contributed by atoms with Crippen molar-refractivity contribution in [1.82, 2.24) is 5.32 Å². The van der Waals surface area contributed by atoms with E-state index in [1.54, 1.807) is 13.2 Å². The van der Waals surface area contributed by atoms with E-state index in [0.29, 0.717) is 12.0 Å². The maximum atomic E-state index is 10.2. The molecule has 3 aromatic rings. The number of hydrogen-bond donors (Lipinski definition) is 2. The van der Waals surface area contributed by atoms with Crippen molar-refractivity contribution in [3.63, 3.8) is 0 Å². The average molecular weight is 372 g/mol. The molecule has 0 aromatic heterocycles. The molecule has 3 aromatic carbocycles. The SMILES string of the molecule is COc1ccc(C#N)cc1-c1ccc(CNCCC(O)c2ccccc2)cc1. The molecule has 4 nitrogen and oxygen atoms in total. The number of hydrogen-bond acceptors (Lipinski definition) is 4. The van der Waals surface area contributed by atoms with E-state index >= 15 is 0 Å². The zero-order valence-electron chi connectivity index (χ0n) is 15.9. The van der Waals surface area contributed by atoms with Crippen LogP contribution in [-0.2, 0) is 6.54 Å². The van der Waals surface area contributed by atoms with Crippen LogP contribution in [0.4, 0.5) is 0 Å². The lowest BCUT2D eigenvalue weighted by Gasteiger charge is -2.12. The molecule has 0 saturated carbocycles. The summed E-state index contributed by atoms with van der Waals surface area (Å²) in [6, 6.07) is 25.5. The summed E-state index contributed by atoms with van der Waals surface area (Å²) >= 11 is 0. The Morgan fingerprint density at radius 3 is 2.46 bits per heavy atom. The van der Waals surface area contributed by atoms with Crippen LogP contribution < -0.4 is 10.1 Å². The summed E-state index contributed by atoms with van der Waals surface area (Å²) in [5.41, 5.74) is 4.64. The Labute approximate surface area is 166 Å². The highest BCUT2D eigenvalue weighted by atomic mass is 16.5. The van der Waals surface area contributed by atoms with Crippen molar-refractivity contribution < 1.29 is 9.84 Å². The number of aliphatic hydroxyl groups excluding tert-OH is 1. The van der Waals surface area contributed by atoms with Crippen molar-refractivity contribution in [2.45, 2.75) is 19.1 Å². The zero-order chi connectivity index (χ0) is 19.8. The number of rotatable bonds is 8. The van der Waals surface area contributed by atoms with E-state index in [1.165, 1.54) is 0 Å². The van der Waals surface area contributed by atoms with Crippen LogP contribution in [-0.4, -0.2) is 18.8 Å². The molecule has 0 saturated heterocycles. The molecule has 2 N–H and O–H groups in total. The lowest BCUT2D eigenvalue weighted by molar-refractivity contribution is 0.167. The molecule has 0 spiro atoms. The zero-order valence-corrected chi connectivity index (χ0v) is 15.9. The number of nitriles is 1. The van der Waals surface area contributed by atoms with Crippen molar-refractivity contribution in [2.24, 2.45) is 0 Å². The maximum absolute atomic E-state index is 10.2. The molecule has 0 radical (unpaired) electrons. The largest absolute Gasteiger partial charge is 0.496 e. The first kappa shape index (κ1) is 19.6. The lowest BCUT2D eigenvalue weighted by Crippen LogP contribution is -2.17. The third-order valence-corrected chi connectivity index (χ3v) is 4.70. The van der Waals surface area contributed by atoms with E-state index in [9.17, 15) is 5.11 Å². The Bertz CT molecular complexity index is 931. The van der Waals surface area contributed by atoms with Gasteiger partial charge in [-0.2, -0.15) is 5.26 Å². The number of aliphatic hydroxyl groups is 1. The Morgan fingerprint density at radius 2 is 1.79 bits per heavy atom. The van der Waals surface area contributed by atoms with Crippen LogP contribution in [0.5, 0.6) is 5.75 Å². The summed E-state index contributed by atoms with van der Waals surface area (Å²) in [5.74, 6) is 0.750. The highest BCUT2D eigenvalue weighted by Crippen LogP contribution is 2.31. The third-order valence-electron chi connectivity index (χ3n) is 4.70. The fourth-order valence-electron chi connectivity index (χ4n) is 3.12. The minimum absolute atomic E-state index is 0.448. The van der Waals surface area contributed by atoms with Crippen LogP contribution in [0.2, 0.25) is 0 Å². The van der Waals surface area contributed by atoms with Gasteiger partial charge in [0, 0.05) is 12.1 Å². The summed E-state index contributed by atoms with van der Waals surface area (Å²) in [6.07, 6.45) is 0.219. The van der Waals surface area contributed by atoms with Gasteiger partial charge in [0.05, 0.1) is 24.8 Å². The molecule has 4 heteroatoms. The Balaban J connectivity index is 1.56. The van der Waals surface area contributed by atoms with Gasteiger partial charge in [-0.15, -0.1) is 0 Å². The second kappa shape index (κ2) is 9.70. The highest BCUT2D eigenvalue weighted by Gasteiger charge is 2.08. The standard InChI is InChI=1S/C24H24N2O2/c1-28-24-12-9-19(16-25)15-22(24)20-10-7-18(8-11-20)17-26-14-13-23(27)21-5-3-2-4-6-21/h2-12,15,23,26-27H,13-14,17H2,1H3. The van der Waals surface area contributed by atoms with Crippen LogP contribution in [0.1, 0.15) is 29.2 Å². The Morgan fingerprint density at radius 1 is 1.04 bits per heavy atom. The van der Waals surface area contributed by atoms with Gasteiger partial charge in [-0.3, -0.25) is 0 Å². The van der Waals surface area contributed by atoms with E-state index in [-0.39, 0.29) is 0 Å². The van der Waals surface area contributed by atoms with Crippen molar-refractivity contribution in [2.75, 3.05) is 13.7 Å². The van der Waals surface area contributed by atoms with Gasteiger partial charge in [0.25, 0.3) is 0 Å². The van der Waals surface area contributed by atoms with Crippen LogP contribution in [0, 0.1) is 11.3 Å². The number of methoxy groups -OCH3 is 1. The van der Waals surface area contributed by atoms with Gasteiger partial charge in [-0.05, 0) is 47.9 Å². The topological polar surface area (TPSA) is 65.3 Å². The summed E-state index contributed by atoms with van der Waals surface area (Å²) in [7, 11) is 1.63. The van der Waals surface area contributed by atoms with Crippen molar-refractivity contribution in [3.05, 3.63) is 89.5 Å². The monoisotopic (exact) mass is 372 g/mol. The minimum atomic E-state index is -0.448. The van der Waals surface area contributed by atoms with E-state index in [2.05, 4.69) is 23.5 Å². The average Bonchev–Trinajstić information content (AvgIpc) is 2.77. The minimum Gasteiger partial charge on any atom is -0.496 e. The molecular weight excluding hydrogens is 348 g/mol. The first-order valence-corrected chi connectivity index (χ1v) is 9.32. The first-order chi connectivity index (χ1) is 13.7. The molecule has 0 aliphatic rings. The summed E-state index contributed by atoms with van der Waals surface area (Å²) in [4.78, 5) is 0. The molecule has 142 valence electrons. The van der Waals surface area contributed by atoms with E-state index in [0.717, 1.165) is 41.1 Å². The third kappa shape index (κ3) is 4.98. The van der Waals surface area contributed by atoms with E-state index in [4.69, 9.17) is 10.00 Å². The molecule has 0 bridgehead atoms. The second-order valence-electron chi connectivity index (χ2n) is 6.62. The van der Waals surface area contributed by atoms with Crippen molar-refractivity contribution in [1.29, 1.82) is 5.26 Å². The molecule has 28 heavy (non-hydrogen) atoms. The Kier molecular flexibility index (Phi) is 6.80. The predicted molar refractivity (Wildman–Crippen MR) is 111 cm³/mol. The number of nitrogens with zero attached hydrogens (tertiary/aromatic N) is 1. The summed E-state index contributed by atoms with van der Waals surface area (Å²) < 4.78 is 5.42. The molecule has 0 amide bonds. The fraction of sp³-hybridized carbons (Fsp3) is 0.208. The highest BCUT2D eigenvalue weighted by molar-refractivity contribution is 5.72. The van der Waals surface area contributed by atoms with Gasteiger partial charge in [0.1, 0.15) is 5.75 Å². The number of benzene rings is 3. The van der Waals surface area contributed by atoms with E-state index < -0.39 is 6.10 Å². The van der Waals surface area contributed by atoms with Crippen LogP contribution >= 0.6 is 0 Å². The van der Waals surface area contributed by atoms with Crippen LogP contribution in [0.25, 0.3) is 11.1 Å². The normalized spacial score (nSPS) is 11.6. The number of nitrogens with one attached hydrogen (secondary N) is 1. The molecule has 0 aliphatic carbocycles. The van der Waals surface area contributed by atoms with Crippen molar-refractivity contribution >= 4 is 0 Å². The van der Waals surface area contributed by atoms with E-state index in [1.807, 2.05) is 54.6 Å². The Hall–Kier alpha value is -3.13. The summed E-state index contributed by atoms with van der Waals surface area (Å²) in [6.45, 7) is 1.47. The molecule has 0 fully saturated rings. The van der Waals surface area contributed by atoms with Gasteiger partial charge >= 0.3 is 0 Å². The molecule has 0 aliphatic heterocycles. The maximum Gasteiger partial charge on any atom is 0.126 e.